The molecular weight excluding hydrogens is 435 g/mol. The quantitative estimate of drug-likeness (QED) is 0.534. The molecule has 0 aromatic heterocycles. The van der Waals surface area contributed by atoms with Crippen LogP contribution in [0.2, 0.25) is 10.0 Å². The zero-order chi connectivity index (χ0) is 22.0. The molecule has 1 aliphatic rings. The Morgan fingerprint density at radius 1 is 1.10 bits per heavy atom. The Kier molecular flexibility index (Phi) is 6.09. The number of anilines is 1. The van der Waals surface area contributed by atoms with Crippen LogP contribution < -0.4 is 15.0 Å². The molecular formula is C20H14Cl2N2O6. The van der Waals surface area contributed by atoms with Gasteiger partial charge in [0.1, 0.15) is 11.3 Å². The number of benzene rings is 2. The van der Waals surface area contributed by atoms with Crippen LogP contribution in [0.4, 0.5) is 10.5 Å². The van der Waals surface area contributed by atoms with E-state index < -0.39 is 29.9 Å². The van der Waals surface area contributed by atoms with E-state index >= 15 is 0 Å². The molecule has 1 heterocycles. The zero-order valence-electron chi connectivity index (χ0n) is 15.4. The molecule has 4 amide bonds. The average Bonchev–Trinajstić information content (AvgIpc) is 2.69. The van der Waals surface area contributed by atoms with Crippen LogP contribution in [0.15, 0.2) is 48.0 Å². The highest BCUT2D eigenvalue weighted by Crippen LogP contribution is 2.29. The lowest BCUT2D eigenvalue weighted by Crippen LogP contribution is -2.54. The number of barbiturate groups is 1. The number of imide groups is 2. The first-order chi connectivity index (χ1) is 14.2. The Hall–Kier alpha value is -3.36. The minimum atomic E-state index is -1.11. The van der Waals surface area contributed by atoms with Crippen LogP contribution in [0.5, 0.6) is 5.75 Å². The zero-order valence-corrected chi connectivity index (χ0v) is 16.9. The SMILES string of the molecule is C[C@@H](Oc1ccc(/C=C2\C(=O)NC(=O)N(c3ccc(Cl)c(Cl)c3)C2=O)cc1)C(=O)O. The summed E-state index contributed by atoms with van der Waals surface area (Å²) in [6.45, 7) is 1.39. The molecule has 8 nitrogen and oxygen atoms in total. The van der Waals surface area contributed by atoms with Gasteiger partial charge in [-0.15, -0.1) is 0 Å². The van der Waals surface area contributed by atoms with Gasteiger partial charge >= 0.3 is 12.0 Å². The lowest BCUT2D eigenvalue weighted by Gasteiger charge is -2.26. The predicted octanol–water partition coefficient (Wildman–Crippen LogP) is 3.51. The van der Waals surface area contributed by atoms with Gasteiger partial charge in [0.05, 0.1) is 15.7 Å². The second-order valence-corrected chi connectivity index (χ2v) is 7.04. The topological polar surface area (TPSA) is 113 Å². The predicted molar refractivity (Wildman–Crippen MR) is 110 cm³/mol. The summed E-state index contributed by atoms with van der Waals surface area (Å²) in [5, 5.41) is 11.4. The lowest BCUT2D eigenvalue weighted by atomic mass is 10.1. The van der Waals surface area contributed by atoms with Crippen molar-refractivity contribution in [2.45, 2.75) is 13.0 Å². The Labute approximate surface area is 180 Å². The van der Waals surface area contributed by atoms with Gasteiger partial charge in [-0.05, 0) is 48.9 Å². The molecule has 1 aliphatic heterocycles. The maximum absolute atomic E-state index is 12.8. The van der Waals surface area contributed by atoms with Crippen molar-refractivity contribution in [3.63, 3.8) is 0 Å². The minimum absolute atomic E-state index is 0.142. The molecule has 1 fully saturated rings. The van der Waals surface area contributed by atoms with Crippen LogP contribution >= 0.6 is 23.2 Å². The third-order valence-electron chi connectivity index (χ3n) is 4.11. The second-order valence-electron chi connectivity index (χ2n) is 6.22. The van der Waals surface area contributed by atoms with E-state index in [1.165, 1.54) is 55.5 Å². The smallest absolute Gasteiger partial charge is 0.344 e. The summed E-state index contributed by atoms with van der Waals surface area (Å²) in [5.74, 6) is -2.49. The first-order valence-corrected chi connectivity index (χ1v) is 9.29. The molecule has 154 valence electrons. The van der Waals surface area contributed by atoms with E-state index in [1.807, 2.05) is 0 Å². The van der Waals surface area contributed by atoms with Gasteiger partial charge in [-0.25, -0.2) is 14.5 Å². The third kappa shape index (κ3) is 4.45. The van der Waals surface area contributed by atoms with Gasteiger partial charge in [-0.2, -0.15) is 0 Å². The molecule has 0 unspecified atom stereocenters. The van der Waals surface area contributed by atoms with Gasteiger partial charge in [0.15, 0.2) is 6.10 Å². The highest BCUT2D eigenvalue weighted by Gasteiger charge is 2.37. The van der Waals surface area contributed by atoms with Crippen LogP contribution in [-0.2, 0) is 14.4 Å². The number of carbonyl (C=O) groups is 4. The Morgan fingerprint density at radius 3 is 2.37 bits per heavy atom. The molecule has 0 aliphatic carbocycles. The van der Waals surface area contributed by atoms with Crippen molar-refractivity contribution in [2.24, 2.45) is 0 Å². The second kappa shape index (κ2) is 8.56. The molecule has 0 saturated carbocycles. The maximum Gasteiger partial charge on any atom is 0.344 e. The fraction of sp³-hybridized carbons (Fsp3) is 0.100. The van der Waals surface area contributed by atoms with Gasteiger partial charge in [0, 0.05) is 0 Å². The summed E-state index contributed by atoms with van der Waals surface area (Å²) in [4.78, 5) is 48.9. The number of aliphatic carboxylic acids is 1. The van der Waals surface area contributed by atoms with E-state index in [-0.39, 0.29) is 21.3 Å². The number of nitrogens with zero attached hydrogens (tertiary/aromatic N) is 1. The van der Waals surface area contributed by atoms with Crippen molar-refractivity contribution in [3.05, 3.63) is 63.6 Å². The van der Waals surface area contributed by atoms with Gasteiger partial charge in [-0.3, -0.25) is 14.9 Å². The van der Waals surface area contributed by atoms with E-state index in [1.54, 1.807) is 0 Å². The third-order valence-corrected chi connectivity index (χ3v) is 4.85. The Morgan fingerprint density at radius 2 is 1.77 bits per heavy atom. The standard InChI is InChI=1S/C20H14Cl2N2O6/c1-10(19(27)28)30-13-5-2-11(3-6-13)8-14-17(25)23-20(29)24(18(14)26)12-4-7-15(21)16(22)9-12/h2-10H,1H3,(H,27,28)(H,23,25,29)/b14-8+/t10-/m1/s1. The number of carbonyl (C=O) groups excluding carboxylic acids is 3. The summed E-state index contributed by atoms with van der Waals surface area (Å²) < 4.78 is 5.23. The molecule has 2 N–H and O–H groups in total. The maximum atomic E-state index is 12.8. The number of hydrogen-bond acceptors (Lipinski definition) is 5. The lowest BCUT2D eigenvalue weighted by molar-refractivity contribution is -0.144. The van der Waals surface area contributed by atoms with E-state index in [0.717, 1.165) is 4.90 Å². The molecule has 1 saturated heterocycles. The van der Waals surface area contributed by atoms with E-state index in [9.17, 15) is 19.2 Å². The van der Waals surface area contributed by atoms with Gasteiger partial charge < -0.3 is 9.84 Å². The molecule has 0 spiro atoms. The van der Waals surface area contributed by atoms with Crippen LogP contribution in [0.3, 0.4) is 0 Å². The number of rotatable bonds is 5. The number of halogens is 2. The summed E-state index contributed by atoms with van der Waals surface area (Å²) in [7, 11) is 0. The summed E-state index contributed by atoms with van der Waals surface area (Å²) in [6, 6.07) is 9.36. The van der Waals surface area contributed by atoms with Crippen LogP contribution in [0.25, 0.3) is 6.08 Å². The van der Waals surface area contributed by atoms with E-state index in [4.69, 9.17) is 33.0 Å². The first-order valence-electron chi connectivity index (χ1n) is 8.53. The number of carboxylic acid groups (broad SMARTS) is 1. The number of carboxylic acids is 1. The molecule has 0 bridgehead atoms. The molecule has 2 aromatic rings. The van der Waals surface area contributed by atoms with E-state index in [0.29, 0.717) is 11.3 Å². The van der Waals surface area contributed by atoms with Crippen molar-refractivity contribution in [1.29, 1.82) is 0 Å². The van der Waals surface area contributed by atoms with Crippen molar-refractivity contribution in [1.82, 2.24) is 5.32 Å². The van der Waals surface area contributed by atoms with Gasteiger partial charge in [0.25, 0.3) is 11.8 Å². The number of urea groups is 1. The van der Waals surface area contributed by atoms with Gasteiger partial charge in [-0.1, -0.05) is 35.3 Å². The molecule has 30 heavy (non-hydrogen) atoms. The Balaban J connectivity index is 1.88. The summed E-state index contributed by atoms with van der Waals surface area (Å²) in [6.07, 6.45) is 0.268. The Bertz CT molecular complexity index is 1080. The summed E-state index contributed by atoms with van der Waals surface area (Å²) in [5.41, 5.74) is 0.345. The van der Waals surface area contributed by atoms with Crippen molar-refractivity contribution < 1.29 is 29.0 Å². The monoisotopic (exact) mass is 448 g/mol. The van der Waals surface area contributed by atoms with Crippen LogP contribution in [-0.4, -0.2) is 35.0 Å². The highest BCUT2D eigenvalue weighted by molar-refractivity contribution is 6.43. The summed E-state index contributed by atoms with van der Waals surface area (Å²) >= 11 is 11.8. The fourth-order valence-electron chi connectivity index (χ4n) is 2.58. The van der Waals surface area contributed by atoms with Crippen molar-refractivity contribution >= 4 is 58.8 Å². The number of nitrogens with one attached hydrogen (secondary N) is 1. The van der Waals surface area contributed by atoms with Crippen LogP contribution in [0.1, 0.15) is 12.5 Å². The number of amides is 4. The van der Waals surface area contributed by atoms with Crippen LogP contribution in [0, 0.1) is 0 Å². The minimum Gasteiger partial charge on any atom is -0.479 e. The fourth-order valence-corrected chi connectivity index (χ4v) is 2.87. The first kappa shape index (κ1) is 21.4. The number of ether oxygens (including phenoxy) is 1. The normalized spacial score (nSPS) is 16.4. The van der Waals surface area contributed by atoms with E-state index in [2.05, 4.69) is 5.32 Å². The average molecular weight is 449 g/mol. The molecule has 0 radical (unpaired) electrons. The highest BCUT2D eigenvalue weighted by atomic mass is 35.5. The number of hydrogen-bond donors (Lipinski definition) is 2. The molecule has 10 heteroatoms. The van der Waals surface area contributed by atoms with Crippen molar-refractivity contribution in [2.75, 3.05) is 4.90 Å². The molecule has 2 aromatic carbocycles. The molecule has 3 rings (SSSR count). The molecule has 1 atom stereocenters. The van der Waals surface area contributed by atoms with Crippen molar-refractivity contribution in [3.8, 4) is 5.75 Å². The van der Waals surface area contributed by atoms with Gasteiger partial charge in [0.2, 0.25) is 0 Å². The largest absolute Gasteiger partial charge is 0.479 e.